The maximum Gasteiger partial charge on any atom is 0.312 e. The molecule has 2 aromatic carbocycles. The van der Waals surface area contributed by atoms with Crippen molar-refractivity contribution >= 4 is 23.5 Å². The summed E-state index contributed by atoms with van der Waals surface area (Å²) in [6, 6.07) is 11.6. The topological polar surface area (TPSA) is 105 Å². The third-order valence-electron chi connectivity index (χ3n) is 5.50. The van der Waals surface area contributed by atoms with Crippen molar-refractivity contribution in [3.05, 3.63) is 64.7 Å². The maximum absolute atomic E-state index is 12.8. The minimum absolute atomic E-state index is 0.00530. The Morgan fingerprint density at radius 2 is 1.73 bits per heavy atom. The first-order chi connectivity index (χ1) is 14.4. The number of anilines is 1. The number of amides is 4. The molecule has 4 amide bonds. The van der Waals surface area contributed by atoms with Gasteiger partial charge in [-0.15, -0.1) is 0 Å². The Kier molecular flexibility index (Phi) is 6.72. The van der Waals surface area contributed by atoms with E-state index in [1.807, 2.05) is 43.0 Å². The number of rotatable bonds is 6. The molecule has 1 saturated heterocycles. The van der Waals surface area contributed by atoms with E-state index in [1.54, 1.807) is 18.2 Å². The van der Waals surface area contributed by atoms with Crippen molar-refractivity contribution in [2.45, 2.75) is 39.2 Å². The van der Waals surface area contributed by atoms with Crippen molar-refractivity contribution in [1.29, 1.82) is 0 Å². The molecule has 0 bridgehead atoms. The van der Waals surface area contributed by atoms with Crippen LogP contribution < -0.4 is 16.4 Å². The number of aryl methyl sites for hydroxylation is 1. The van der Waals surface area contributed by atoms with Gasteiger partial charge < -0.3 is 21.3 Å². The Hall–Kier alpha value is -3.35. The molecule has 30 heavy (non-hydrogen) atoms. The van der Waals surface area contributed by atoms with E-state index >= 15 is 0 Å². The van der Waals surface area contributed by atoms with Crippen LogP contribution in [-0.4, -0.2) is 35.8 Å². The van der Waals surface area contributed by atoms with Crippen LogP contribution in [0, 0.1) is 13.8 Å². The number of carbonyl (C=O) groups excluding carboxylic acids is 3. The van der Waals surface area contributed by atoms with Crippen molar-refractivity contribution in [3.63, 3.8) is 0 Å². The summed E-state index contributed by atoms with van der Waals surface area (Å²) in [5, 5.41) is 5.54. The molecule has 1 aliphatic rings. The molecule has 1 unspecified atom stereocenters. The average molecular weight is 409 g/mol. The molecule has 1 fully saturated rings. The van der Waals surface area contributed by atoms with Gasteiger partial charge in [0.25, 0.3) is 5.91 Å². The first-order valence-electron chi connectivity index (χ1n) is 10.2. The van der Waals surface area contributed by atoms with Gasteiger partial charge in [0.05, 0.1) is 12.5 Å². The molecule has 0 radical (unpaired) electrons. The highest BCUT2D eigenvalue weighted by Gasteiger charge is 2.23. The number of nitrogens with two attached hydrogens (primary N) is 1. The van der Waals surface area contributed by atoms with Gasteiger partial charge in [-0.1, -0.05) is 30.3 Å². The third-order valence-corrected chi connectivity index (χ3v) is 5.50. The van der Waals surface area contributed by atoms with E-state index in [4.69, 9.17) is 5.73 Å². The minimum Gasteiger partial charge on any atom is -0.352 e. The summed E-state index contributed by atoms with van der Waals surface area (Å²) in [5.41, 5.74) is 9.04. The van der Waals surface area contributed by atoms with Crippen molar-refractivity contribution < 1.29 is 14.4 Å². The molecule has 0 aliphatic carbocycles. The maximum atomic E-state index is 12.8. The zero-order chi connectivity index (χ0) is 21.7. The van der Waals surface area contributed by atoms with Crippen LogP contribution in [0.1, 0.15) is 52.4 Å². The summed E-state index contributed by atoms with van der Waals surface area (Å²) < 4.78 is 0. The van der Waals surface area contributed by atoms with Crippen LogP contribution in [-0.2, 0) is 4.79 Å². The van der Waals surface area contributed by atoms with Crippen molar-refractivity contribution in [1.82, 2.24) is 10.2 Å². The van der Waals surface area contributed by atoms with Crippen molar-refractivity contribution in [2.75, 3.05) is 18.4 Å². The number of nitrogens with zero attached hydrogens (tertiary/aromatic N) is 1. The van der Waals surface area contributed by atoms with Crippen LogP contribution in [0.25, 0.3) is 0 Å². The normalized spacial score (nSPS) is 14.3. The van der Waals surface area contributed by atoms with Crippen molar-refractivity contribution in [3.8, 4) is 0 Å². The van der Waals surface area contributed by atoms with Gasteiger partial charge in [-0.05, 0) is 55.5 Å². The number of benzene rings is 2. The number of likely N-dealkylation sites (tertiary alicyclic amines) is 1. The molecule has 1 atom stereocenters. The highest BCUT2D eigenvalue weighted by atomic mass is 16.2. The zero-order valence-electron chi connectivity index (χ0n) is 17.4. The molecule has 0 saturated carbocycles. The van der Waals surface area contributed by atoms with Crippen LogP contribution >= 0.6 is 0 Å². The van der Waals surface area contributed by atoms with E-state index in [-0.39, 0.29) is 18.2 Å². The molecule has 3 rings (SSSR count). The van der Waals surface area contributed by atoms with E-state index < -0.39 is 12.1 Å². The van der Waals surface area contributed by atoms with Gasteiger partial charge in [-0.3, -0.25) is 9.59 Å². The lowest BCUT2D eigenvalue weighted by Gasteiger charge is -2.21. The third kappa shape index (κ3) is 4.97. The molecule has 0 spiro atoms. The van der Waals surface area contributed by atoms with Crippen LogP contribution in [0.15, 0.2) is 42.5 Å². The van der Waals surface area contributed by atoms with Crippen LogP contribution in [0.2, 0.25) is 0 Å². The van der Waals surface area contributed by atoms with E-state index in [0.717, 1.165) is 42.6 Å². The van der Waals surface area contributed by atoms with Gasteiger partial charge in [0.15, 0.2) is 0 Å². The van der Waals surface area contributed by atoms with Crippen LogP contribution in [0.4, 0.5) is 10.5 Å². The van der Waals surface area contributed by atoms with Crippen LogP contribution in [0.3, 0.4) is 0 Å². The smallest absolute Gasteiger partial charge is 0.312 e. The Morgan fingerprint density at radius 1 is 1.03 bits per heavy atom. The Morgan fingerprint density at radius 3 is 2.40 bits per heavy atom. The predicted octanol–water partition coefficient (Wildman–Crippen LogP) is 3.28. The summed E-state index contributed by atoms with van der Waals surface area (Å²) in [6.07, 6.45) is 2.07. The van der Waals surface area contributed by atoms with Gasteiger partial charge in [0.2, 0.25) is 5.91 Å². The Balaban J connectivity index is 1.76. The zero-order valence-corrected chi connectivity index (χ0v) is 17.4. The number of nitrogens with one attached hydrogen (secondary N) is 2. The summed E-state index contributed by atoms with van der Waals surface area (Å²) in [7, 11) is 0. The molecular formula is C23H28N4O3. The lowest BCUT2D eigenvalue weighted by molar-refractivity contribution is -0.116. The lowest BCUT2D eigenvalue weighted by Crippen LogP contribution is -2.35. The average Bonchev–Trinajstić information content (AvgIpc) is 3.23. The second-order valence-corrected chi connectivity index (χ2v) is 7.65. The van der Waals surface area contributed by atoms with Gasteiger partial charge in [0, 0.05) is 24.3 Å². The monoisotopic (exact) mass is 408 g/mol. The predicted molar refractivity (Wildman–Crippen MR) is 116 cm³/mol. The summed E-state index contributed by atoms with van der Waals surface area (Å²) in [4.78, 5) is 38.9. The van der Waals surface area contributed by atoms with E-state index in [9.17, 15) is 14.4 Å². The fourth-order valence-corrected chi connectivity index (χ4v) is 3.87. The number of urea groups is 1. The number of hydrogen-bond acceptors (Lipinski definition) is 3. The summed E-state index contributed by atoms with van der Waals surface area (Å²) in [6.45, 7) is 5.29. The fourth-order valence-electron chi connectivity index (χ4n) is 3.87. The number of carbonyl (C=O) groups is 3. The van der Waals surface area contributed by atoms with E-state index in [1.165, 1.54) is 0 Å². The first kappa shape index (κ1) is 21.4. The quantitative estimate of drug-likeness (QED) is 0.683. The summed E-state index contributed by atoms with van der Waals surface area (Å²) in [5.74, 6) is -0.278. The van der Waals surface area contributed by atoms with Gasteiger partial charge in [0.1, 0.15) is 0 Å². The highest BCUT2D eigenvalue weighted by Crippen LogP contribution is 2.25. The molecule has 7 heteroatoms. The molecule has 1 heterocycles. The second-order valence-electron chi connectivity index (χ2n) is 7.65. The van der Waals surface area contributed by atoms with Gasteiger partial charge in [-0.25, -0.2) is 4.79 Å². The molecule has 1 aliphatic heterocycles. The second kappa shape index (κ2) is 9.43. The van der Waals surface area contributed by atoms with E-state index in [0.29, 0.717) is 11.3 Å². The molecule has 2 aromatic rings. The largest absolute Gasteiger partial charge is 0.352 e. The standard InChI is InChI=1S/C23H28N4O3/c1-15-8-3-4-9-17(15)20(26-23(24)30)14-21(28)25-19-11-7-10-18(16(19)2)22(29)27-12-5-6-13-27/h3-4,7-11,20H,5-6,12-14H2,1-2H3,(H,25,28)(H3,24,26,30). The SMILES string of the molecule is Cc1ccccc1C(CC(=O)Nc1cccc(C(=O)N2CCCC2)c1C)NC(N)=O. The van der Waals surface area contributed by atoms with Gasteiger partial charge in [-0.2, -0.15) is 0 Å². The first-order valence-corrected chi connectivity index (χ1v) is 10.2. The highest BCUT2D eigenvalue weighted by molar-refractivity contribution is 5.99. The minimum atomic E-state index is -0.689. The van der Waals surface area contributed by atoms with Crippen molar-refractivity contribution in [2.24, 2.45) is 5.73 Å². The number of hydrogen-bond donors (Lipinski definition) is 3. The Bertz CT molecular complexity index is 951. The summed E-state index contributed by atoms with van der Waals surface area (Å²) >= 11 is 0. The number of primary amides is 1. The molecule has 4 N–H and O–H groups in total. The molecule has 158 valence electrons. The van der Waals surface area contributed by atoms with E-state index in [2.05, 4.69) is 10.6 Å². The molecule has 0 aromatic heterocycles. The molecular weight excluding hydrogens is 380 g/mol. The van der Waals surface area contributed by atoms with Gasteiger partial charge >= 0.3 is 6.03 Å². The molecule has 7 nitrogen and oxygen atoms in total. The Labute approximate surface area is 176 Å². The fraction of sp³-hybridized carbons (Fsp3) is 0.348. The lowest BCUT2D eigenvalue weighted by atomic mass is 9.98. The van der Waals surface area contributed by atoms with Crippen LogP contribution in [0.5, 0.6) is 0 Å².